The minimum absolute atomic E-state index is 0.842. The average Bonchev–Trinajstić information content (AvgIpc) is 2.39. The zero-order valence-electron chi connectivity index (χ0n) is 10.3. The second kappa shape index (κ2) is 4.88. The Balaban J connectivity index is 2.41. The Labute approximate surface area is 103 Å². The second-order valence-corrected chi connectivity index (χ2v) is 4.27. The molecule has 0 amide bonds. The molecule has 0 aliphatic heterocycles. The highest BCUT2D eigenvalue weighted by atomic mass is 14.6. The molecule has 2 rings (SSSR count). The van der Waals surface area contributed by atoms with E-state index in [-0.39, 0.29) is 0 Å². The van der Waals surface area contributed by atoms with Crippen LogP contribution in [-0.4, -0.2) is 0 Å². The van der Waals surface area contributed by atoms with Crippen molar-refractivity contribution in [3.8, 4) is 0 Å². The normalized spacial score (nSPS) is 12.1. The summed E-state index contributed by atoms with van der Waals surface area (Å²) in [6.07, 6.45) is 0. The largest absolute Gasteiger partial charge is 0.398 e. The predicted octanol–water partition coefficient (Wildman–Crippen LogP) is 3.84. The number of rotatable bonds is 2. The van der Waals surface area contributed by atoms with E-state index in [0.717, 1.165) is 16.8 Å². The van der Waals surface area contributed by atoms with Crippen molar-refractivity contribution >= 4 is 11.3 Å². The van der Waals surface area contributed by atoms with Gasteiger partial charge < -0.3 is 5.73 Å². The standard InChI is InChI=1S/C16H17N/c1-12-8-10-14(11-9-12)13(2)16(17)15-6-4-3-5-7-15/h3-11H,17H2,1-2H3. The molecule has 0 saturated heterocycles. The van der Waals surface area contributed by atoms with E-state index < -0.39 is 0 Å². The lowest BCUT2D eigenvalue weighted by molar-refractivity contribution is 1.43. The molecule has 0 saturated carbocycles. The Hall–Kier alpha value is -2.02. The molecule has 2 aromatic carbocycles. The lowest BCUT2D eigenvalue weighted by atomic mass is 10.0. The van der Waals surface area contributed by atoms with E-state index in [1.165, 1.54) is 11.1 Å². The first-order valence-corrected chi connectivity index (χ1v) is 5.77. The zero-order chi connectivity index (χ0) is 12.3. The molecule has 2 aromatic rings. The minimum Gasteiger partial charge on any atom is -0.398 e. The molecule has 0 bridgehead atoms. The van der Waals surface area contributed by atoms with Crippen molar-refractivity contribution in [2.24, 2.45) is 5.73 Å². The summed E-state index contributed by atoms with van der Waals surface area (Å²) in [6.45, 7) is 4.15. The van der Waals surface area contributed by atoms with E-state index in [9.17, 15) is 0 Å². The molecule has 2 N–H and O–H groups in total. The van der Waals surface area contributed by atoms with Gasteiger partial charge in [0.05, 0.1) is 0 Å². The molecule has 86 valence electrons. The molecule has 0 unspecified atom stereocenters. The van der Waals surface area contributed by atoms with Gasteiger partial charge in [-0.25, -0.2) is 0 Å². The SMILES string of the molecule is CC(=C(N)c1ccccc1)c1ccc(C)cc1. The highest BCUT2D eigenvalue weighted by Crippen LogP contribution is 2.22. The van der Waals surface area contributed by atoms with Crippen molar-refractivity contribution in [2.45, 2.75) is 13.8 Å². The van der Waals surface area contributed by atoms with Crippen LogP contribution in [0.4, 0.5) is 0 Å². The van der Waals surface area contributed by atoms with E-state index >= 15 is 0 Å². The molecule has 1 nitrogen and oxygen atoms in total. The number of hydrogen-bond acceptors (Lipinski definition) is 1. The molecule has 0 atom stereocenters. The highest BCUT2D eigenvalue weighted by Gasteiger charge is 2.03. The quantitative estimate of drug-likeness (QED) is 0.769. The molecule has 0 radical (unpaired) electrons. The molecule has 0 aliphatic rings. The summed E-state index contributed by atoms with van der Waals surface area (Å²) in [5, 5.41) is 0. The number of hydrogen-bond donors (Lipinski definition) is 1. The maximum Gasteiger partial charge on any atom is 0.0423 e. The van der Waals surface area contributed by atoms with Gasteiger partial charge in [-0.1, -0.05) is 60.2 Å². The van der Waals surface area contributed by atoms with Crippen LogP contribution in [0.5, 0.6) is 0 Å². The third-order valence-corrected chi connectivity index (χ3v) is 2.97. The Morgan fingerprint density at radius 1 is 0.824 bits per heavy atom. The van der Waals surface area contributed by atoms with Crippen LogP contribution >= 0.6 is 0 Å². The highest BCUT2D eigenvalue weighted by molar-refractivity contribution is 5.88. The molecule has 0 heterocycles. The van der Waals surface area contributed by atoms with Crippen LogP contribution < -0.4 is 5.73 Å². The number of benzene rings is 2. The van der Waals surface area contributed by atoms with Gasteiger partial charge in [0.1, 0.15) is 0 Å². The van der Waals surface area contributed by atoms with Crippen LogP contribution in [0, 0.1) is 6.92 Å². The molecule has 1 heteroatoms. The fourth-order valence-corrected chi connectivity index (χ4v) is 1.79. The average molecular weight is 223 g/mol. The lowest BCUT2D eigenvalue weighted by Crippen LogP contribution is -1.99. The summed E-state index contributed by atoms with van der Waals surface area (Å²) in [6, 6.07) is 18.5. The van der Waals surface area contributed by atoms with Crippen molar-refractivity contribution in [2.75, 3.05) is 0 Å². The summed E-state index contributed by atoms with van der Waals surface area (Å²) in [5.41, 5.74) is 11.7. The Kier molecular flexibility index (Phi) is 3.29. The van der Waals surface area contributed by atoms with Gasteiger partial charge in [0.25, 0.3) is 0 Å². The van der Waals surface area contributed by atoms with E-state index in [1.54, 1.807) is 0 Å². The van der Waals surface area contributed by atoms with Crippen LogP contribution in [0.1, 0.15) is 23.6 Å². The molecule has 0 aromatic heterocycles. The van der Waals surface area contributed by atoms with Crippen LogP contribution in [0.3, 0.4) is 0 Å². The number of allylic oxidation sites excluding steroid dienone is 1. The Morgan fingerprint density at radius 3 is 2.00 bits per heavy atom. The van der Waals surface area contributed by atoms with E-state index in [1.807, 2.05) is 30.3 Å². The van der Waals surface area contributed by atoms with Gasteiger partial charge in [-0.3, -0.25) is 0 Å². The molecule has 17 heavy (non-hydrogen) atoms. The van der Waals surface area contributed by atoms with Crippen molar-refractivity contribution in [1.82, 2.24) is 0 Å². The minimum atomic E-state index is 0.842. The van der Waals surface area contributed by atoms with Gasteiger partial charge >= 0.3 is 0 Å². The fourth-order valence-electron chi connectivity index (χ4n) is 1.79. The zero-order valence-corrected chi connectivity index (χ0v) is 10.3. The van der Waals surface area contributed by atoms with Crippen LogP contribution in [-0.2, 0) is 0 Å². The first-order valence-electron chi connectivity index (χ1n) is 5.77. The lowest BCUT2D eigenvalue weighted by Gasteiger charge is -2.08. The van der Waals surface area contributed by atoms with Crippen molar-refractivity contribution in [3.05, 3.63) is 71.3 Å². The Morgan fingerprint density at radius 2 is 1.41 bits per heavy atom. The summed E-state index contributed by atoms with van der Waals surface area (Å²) in [7, 11) is 0. The molecular formula is C16H17N. The maximum atomic E-state index is 6.19. The van der Waals surface area contributed by atoms with Gasteiger partial charge in [0.2, 0.25) is 0 Å². The third-order valence-electron chi connectivity index (χ3n) is 2.97. The van der Waals surface area contributed by atoms with E-state index in [4.69, 9.17) is 5.73 Å². The first-order chi connectivity index (χ1) is 8.18. The summed E-state index contributed by atoms with van der Waals surface area (Å²) >= 11 is 0. The van der Waals surface area contributed by atoms with Gasteiger partial charge in [0, 0.05) is 5.70 Å². The monoisotopic (exact) mass is 223 g/mol. The van der Waals surface area contributed by atoms with Crippen LogP contribution in [0.2, 0.25) is 0 Å². The molecule has 0 aliphatic carbocycles. The van der Waals surface area contributed by atoms with E-state index in [0.29, 0.717) is 0 Å². The molecule has 0 fully saturated rings. The number of nitrogens with two attached hydrogens (primary N) is 1. The third kappa shape index (κ3) is 2.56. The summed E-state index contributed by atoms with van der Waals surface area (Å²) in [4.78, 5) is 0. The van der Waals surface area contributed by atoms with Crippen molar-refractivity contribution in [1.29, 1.82) is 0 Å². The van der Waals surface area contributed by atoms with Crippen LogP contribution in [0.15, 0.2) is 54.6 Å². The van der Waals surface area contributed by atoms with Gasteiger partial charge in [0.15, 0.2) is 0 Å². The van der Waals surface area contributed by atoms with Gasteiger partial charge in [-0.05, 0) is 30.5 Å². The molecular weight excluding hydrogens is 206 g/mol. The number of aryl methyl sites for hydroxylation is 1. The molecule has 0 spiro atoms. The van der Waals surface area contributed by atoms with Crippen LogP contribution in [0.25, 0.3) is 11.3 Å². The van der Waals surface area contributed by atoms with Gasteiger partial charge in [-0.2, -0.15) is 0 Å². The van der Waals surface area contributed by atoms with Gasteiger partial charge in [-0.15, -0.1) is 0 Å². The predicted molar refractivity (Wildman–Crippen MR) is 74.3 cm³/mol. The maximum absolute atomic E-state index is 6.19. The fraction of sp³-hybridized carbons (Fsp3) is 0.125. The topological polar surface area (TPSA) is 26.0 Å². The van der Waals surface area contributed by atoms with Crippen molar-refractivity contribution in [3.63, 3.8) is 0 Å². The van der Waals surface area contributed by atoms with Crippen molar-refractivity contribution < 1.29 is 0 Å². The summed E-state index contributed by atoms with van der Waals surface area (Å²) < 4.78 is 0. The smallest absolute Gasteiger partial charge is 0.0423 e. The first kappa shape index (κ1) is 11.5. The second-order valence-electron chi connectivity index (χ2n) is 4.27. The Bertz CT molecular complexity index is 521. The van der Waals surface area contributed by atoms with E-state index in [2.05, 4.69) is 38.1 Å². The summed E-state index contributed by atoms with van der Waals surface area (Å²) in [5.74, 6) is 0.